The number of esters is 1. The number of para-hydroxylation sites is 1. The summed E-state index contributed by atoms with van der Waals surface area (Å²) in [6.07, 6.45) is 0.308. The number of fused-ring (bicyclic) bond motifs is 1. The molecule has 0 aliphatic carbocycles. The van der Waals surface area contributed by atoms with Gasteiger partial charge in [0.15, 0.2) is 0 Å². The van der Waals surface area contributed by atoms with Crippen molar-refractivity contribution in [1.29, 1.82) is 0 Å². The van der Waals surface area contributed by atoms with Crippen molar-refractivity contribution in [3.63, 3.8) is 0 Å². The lowest BCUT2D eigenvalue weighted by Crippen LogP contribution is -2.34. The van der Waals surface area contributed by atoms with Gasteiger partial charge in [0.1, 0.15) is 0 Å². The van der Waals surface area contributed by atoms with Crippen LogP contribution in [0.5, 0.6) is 0 Å². The van der Waals surface area contributed by atoms with E-state index in [0.29, 0.717) is 5.56 Å². The van der Waals surface area contributed by atoms with Crippen molar-refractivity contribution in [3.05, 3.63) is 36.0 Å². The maximum absolute atomic E-state index is 11.9. The van der Waals surface area contributed by atoms with Gasteiger partial charge in [0.25, 0.3) is 0 Å². The van der Waals surface area contributed by atoms with E-state index in [0.717, 1.165) is 10.9 Å². The molecule has 1 unspecified atom stereocenters. The van der Waals surface area contributed by atoms with Crippen LogP contribution in [0.1, 0.15) is 17.3 Å². The smallest absolute Gasteiger partial charge is 0.304 e. The maximum Gasteiger partial charge on any atom is 0.304 e. The van der Waals surface area contributed by atoms with Crippen molar-refractivity contribution >= 4 is 22.7 Å². The molecule has 0 radical (unpaired) electrons. The number of rotatable bonds is 3. The molecule has 0 saturated heterocycles. The van der Waals surface area contributed by atoms with Crippen molar-refractivity contribution in [2.75, 3.05) is 0 Å². The summed E-state index contributed by atoms with van der Waals surface area (Å²) in [5.41, 5.74) is 6.76. The molecule has 5 nitrogen and oxygen atoms in total. The van der Waals surface area contributed by atoms with Crippen molar-refractivity contribution in [2.24, 2.45) is 5.73 Å². The van der Waals surface area contributed by atoms with E-state index in [9.17, 15) is 9.59 Å². The maximum atomic E-state index is 11.9. The fourth-order valence-electron chi connectivity index (χ4n) is 1.66. The number of hydrogen-bond acceptors (Lipinski definition) is 4. The summed E-state index contributed by atoms with van der Waals surface area (Å²) < 4.78 is 4.66. The lowest BCUT2D eigenvalue weighted by molar-refractivity contribution is -0.144. The largest absolute Gasteiger partial charge is 0.439 e. The zero-order valence-electron chi connectivity index (χ0n) is 9.27. The van der Waals surface area contributed by atoms with Gasteiger partial charge in [-0.3, -0.25) is 15.3 Å². The lowest BCUT2D eigenvalue weighted by atomic mass is 10.1. The SMILES string of the molecule is CC(=O)OC(N)C(=O)c1c[nH]c2ccccc12. The van der Waals surface area contributed by atoms with Crippen molar-refractivity contribution < 1.29 is 14.3 Å². The van der Waals surface area contributed by atoms with Gasteiger partial charge in [-0.05, 0) is 6.07 Å². The first-order valence-electron chi connectivity index (χ1n) is 5.12. The standard InChI is InChI=1S/C12H12N2O3/c1-7(15)17-12(13)11(16)9-6-14-10-5-3-2-4-8(9)10/h2-6,12,14H,13H2,1H3. The molecule has 88 valence electrons. The summed E-state index contributed by atoms with van der Waals surface area (Å²) in [5, 5.41) is 0.764. The van der Waals surface area contributed by atoms with Gasteiger partial charge in [-0.15, -0.1) is 0 Å². The van der Waals surface area contributed by atoms with Gasteiger partial charge >= 0.3 is 5.97 Å². The molecule has 1 aromatic heterocycles. The van der Waals surface area contributed by atoms with Crippen LogP contribution in [0, 0.1) is 0 Å². The Balaban J connectivity index is 2.33. The van der Waals surface area contributed by atoms with Crippen LogP contribution in [-0.2, 0) is 9.53 Å². The minimum absolute atomic E-state index is 0.419. The van der Waals surface area contributed by atoms with Crippen LogP contribution in [0.2, 0.25) is 0 Å². The van der Waals surface area contributed by atoms with Gasteiger partial charge in [-0.25, -0.2) is 0 Å². The number of ether oxygens (including phenoxy) is 1. The van der Waals surface area contributed by atoms with Gasteiger partial charge in [-0.1, -0.05) is 18.2 Å². The minimum Gasteiger partial charge on any atom is -0.439 e. The highest BCUT2D eigenvalue weighted by Gasteiger charge is 2.21. The van der Waals surface area contributed by atoms with Crippen LogP contribution in [0.3, 0.4) is 0 Å². The van der Waals surface area contributed by atoms with Crippen LogP contribution in [0.15, 0.2) is 30.5 Å². The Hall–Kier alpha value is -2.14. The molecule has 17 heavy (non-hydrogen) atoms. The number of H-pyrrole nitrogens is 1. The molecule has 0 spiro atoms. The molecular formula is C12H12N2O3. The Bertz CT molecular complexity index is 574. The van der Waals surface area contributed by atoms with Crippen LogP contribution >= 0.6 is 0 Å². The highest BCUT2D eigenvalue weighted by atomic mass is 16.6. The van der Waals surface area contributed by atoms with Crippen molar-refractivity contribution in [3.8, 4) is 0 Å². The predicted molar refractivity (Wildman–Crippen MR) is 62.4 cm³/mol. The summed E-state index contributed by atoms with van der Waals surface area (Å²) >= 11 is 0. The highest BCUT2D eigenvalue weighted by molar-refractivity contribution is 6.10. The van der Waals surface area contributed by atoms with Gasteiger partial charge in [0.05, 0.1) is 0 Å². The van der Waals surface area contributed by atoms with E-state index in [1.165, 1.54) is 6.92 Å². The van der Waals surface area contributed by atoms with Crippen LogP contribution in [0.25, 0.3) is 10.9 Å². The number of carbonyl (C=O) groups is 2. The molecule has 0 fully saturated rings. The molecule has 0 aliphatic heterocycles. The van der Waals surface area contributed by atoms with E-state index in [-0.39, 0.29) is 0 Å². The fraction of sp³-hybridized carbons (Fsp3) is 0.167. The van der Waals surface area contributed by atoms with Gasteiger partial charge in [0, 0.05) is 29.6 Å². The average Bonchev–Trinajstić information content (AvgIpc) is 2.70. The Kier molecular flexibility index (Phi) is 2.93. The number of aromatic nitrogens is 1. The zero-order valence-corrected chi connectivity index (χ0v) is 9.27. The molecule has 2 rings (SSSR count). The first-order chi connectivity index (χ1) is 8.09. The molecule has 0 aliphatic rings. The molecule has 1 atom stereocenters. The van der Waals surface area contributed by atoms with E-state index in [2.05, 4.69) is 9.72 Å². The van der Waals surface area contributed by atoms with Gasteiger partial charge < -0.3 is 9.72 Å². The number of ketones is 1. The second-order valence-electron chi connectivity index (χ2n) is 3.64. The van der Waals surface area contributed by atoms with Crippen molar-refractivity contribution in [2.45, 2.75) is 13.2 Å². The fourth-order valence-corrected chi connectivity index (χ4v) is 1.66. The van der Waals surface area contributed by atoms with Crippen LogP contribution < -0.4 is 5.73 Å². The quantitative estimate of drug-likeness (QED) is 0.473. The molecule has 1 heterocycles. The molecule has 0 bridgehead atoms. The predicted octanol–water partition coefficient (Wildman–Crippen LogP) is 1.20. The summed E-state index contributed by atoms with van der Waals surface area (Å²) in [7, 11) is 0. The number of nitrogens with one attached hydrogen (secondary N) is 1. The third-order valence-corrected chi connectivity index (χ3v) is 2.41. The number of Topliss-reactive ketones (excluding diaryl/α,β-unsaturated/α-hetero) is 1. The third-order valence-electron chi connectivity index (χ3n) is 2.41. The molecule has 1 aromatic carbocycles. The monoisotopic (exact) mass is 232 g/mol. The number of carbonyl (C=O) groups excluding carboxylic acids is 2. The average molecular weight is 232 g/mol. The Morgan fingerprint density at radius 3 is 2.76 bits per heavy atom. The summed E-state index contributed by atoms with van der Waals surface area (Å²) in [4.78, 5) is 25.6. The second-order valence-corrected chi connectivity index (χ2v) is 3.64. The minimum atomic E-state index is -1.26. The normalized spacial score (nSPS) is 12.4. The first-order valence-corrected chi connectivity index (χ1v) is 5.12. The topological polar surface area (TPSA) is 85.2 Å². The van der Waals surface area contributed by atoms with E-state index >= 15 is 0 Å². The summed E-state index contributed by atoms with van der Waals surface area (Å²) in [6.45, 7) is 1.21. The molecule has 3 N–H and O–H groups in total. The first kappa shape index (κ1) is 11.3. The number of nitrogens with two attached hydrogens (primary N) is 1. The molecule has 0 amide bonds. The van der Waals surface area contributed by atoms with Gasteiger partial charge in [-0.2, -0.15) is 0 Å². The summed E-state index contributed by atoms with van der Waals surface area (Å²) in [5.74, 6) is -0.997. The van der Waals surface area contributed by atoms with Gasteiger partial charge in [0.2, 0.25) is 12.0 Å². The number of benzene rings is 1. The van der Waals surface area contributed by atoms with E-state index < -0.39 is 18.0 Å². The molecule has 0 saturated carbocycles. The third kappa shape index (κ3) is 2.19. The Morgan fingerprint density at radius 2 is 2.06 bits per heavy atom. The zero-order chi connectivity index (χ0) is 12.4. The summed E-state index contributed by atoms with van der Waals surface area (Å²) in [6, 6.07) is 7.34. The number of hydrogen-bond donors (Lipinski definition) is 2. The molecule has 2 aromatic rings. The molecular weight excluding hydrogens is 220 g/mol. The van der Waals surface area contributed by atoms with E-state index in [1.807, 2.05) is 18.2 Å². The van der Waals surface area contributed by atoms with Crippen molar-refractivity contribution in [1.82, 2.24) is 4.98 Å². The Labute approximate surface area is 97.6 Å². The van der Waals surface area contributed by atoms with E-state index in [4.69, 9.17) is 5.73 Å². The Morgan fingerprint density at radius 1 is 1.35 bits per heavy atom. The van der Waals surface area contributed by atoms with Crippen LogP contribution in [0.4, 0.5) is 0 Å². The van der Waals surface area contributed by atoms with E-state index in [1.54, 1.807) is 12.3 Å². The second kappa shape index (κ2) is 4.39. The van der Waals surface area contributed by atoms with Crippen LogP contribution in [-0.4, -0.2) is 23.0 Å². The highest BCUT2D eigenvalue weighted by Crippen LogP contribution is 2.18. The number of aromatic amines is 1. The molecule has 5 heteroatoms. The lowest BCUT2D eigenvalue weighted by Gasteiger charge is -2.09.